The van der Waals surface area contributed by atoms with Gasteiger partial charge in [-0.1, -0.05) is 12.1 Å². The summed E-state index contributed by atoms with van der Waals surface area (Å²) in [4.78, 5) is 23.3. The minimum absolute atomic E-state index is 0.0289. The SMILES string of the molecule is O=C(O)C(CNC(=O)C1CCCOC1)Cc1cccc(F)c1. The standard InChI is InChI=1S/C16H20FNO4/c17-14-5-1-3-11(8-14)7-13(16(20)21)9-18-15(19)12-4-2-6-22-10-12/h1,3,5,8,12-13H,2,4,6-7,9-10H2,(H,18,19)(H,20,21). The van der Waals surface area contributed by atoms with Gasteiger partial charge >= 0.3 is 5.97 Å². The average Bonchev–Trinajstić information content (AvgIpc) is 2.51. The lowest BCUT2D eigenvalue weighted by Crippen LogP contribution is -2.40. The largest absolute Gasteiger partial charge is 0.481 e. The monoisotopic (exact) mass is 309 g/mol. The number of carboxylic acids is 1. The topological polar surface area (TPSA) is 75.6 Å². The summed E-state index contributed by atoms with van der Waals surface area (Å²) in [5, 5.41) is 11.9. The Labute approximate surface area is 128 Å². The molecule has 1 fully saturated rings. The number of nitrogens with one attached hydrogen (secondary N) is 1. The van der Waals surface area contributed by atoms with E-state index in [-0.39, 0.29) is 24.8 Å². The molecule has 2 unspecified atom stereocenters. The number of aliphatic carboxylic acids is 1. The first-order chi connectivity index (χ1) is 10.6. The number of hydrogen-bond acceptors (Lipinski definition) is 3. The number of halogens is 1. The molecular formula is C16H20FNO4. The molecule has 2 atom stereocenters. The Morgan fingerprint density at radius 3 is 2.91 bits per heavy atom. The number of carboxylic acid groups (broad SMARTS) is 1. The highest BCUT2D eigenvalue weighted by molar-refractivity contribution is 5.79. The molecule has 1 aromatic rings. The van der Waals surface area contributed by atoms with Gasteiger partial charge in [-0.3, -0.25) is 9.59 Å². The van der Waals surface area contributed by atoms with E-state index in [1.54, 1.807) is 12.1 Å². The van der Waals surface area contributed by atoms with Gasteiger partial charge in [-0.25, -0.2) is 4.39 Å². The molecule has 6 heteroatoms. The molecule has 0 saturated carbocycles. The zero-order valence-electron chi connectivity index (χ0n) is 12.3. The molecule has 2 N–H and O–H groups in total. The molecule has 120 valence electrons. The molecular weight excluding hydrogens is 289 g/mol. The summed E-state index contributed by atoms with van der Waals surface area (Å²) < 4.78 is 18.4. The second-order valence-corrected chi connectivity index (χ2v) is 5.53. The molecule has 0 radical (unpaired) electrons. The molecule has 1 aliphatic heterocycles. The summed E-state index contributed by atoms with van der Waals surface area (Å²) in [5.41, 5.74) is 0.600. The molecule has 1 aromatic carbocycles. The molecule has 0 aliphatic carbocycles. The van der Waals surface area contributed by atoms with Crippen LogP contribution in [-0.4, -0.2) is 36.7 Å². The molecule has 1 amide bonds. The van der Waals surface area contributed by atoms with Crippen LogP contribution in [0.4, 0.5) is 4.39 Å². The first kappa shape index (κ1) is 16.4. The van der Waals surface area contributed by atoms with Crippen LogP contribution in [0.2, 0.25) is 0 Å². The summed E-state index contributed by atoms with van der Waals surface area (Å²) in [6, 6.07) is 5.84. The van der Waals surface area contributed by atoms with Crippen molar-refractivity contribution in [1.82, 2.24) is 5.32 Å². The minimum atomic E-state index is -1.01. The zero-order valence-corrected chi connectivity index (χ0v) is 12.3. The highest BCUT2D eigenvalue weighted by Crippen LogP contribution is 2.14. The first-order valence-electron chi connectivity index (χ1n) is 7.39. The molecule has 1 heterocycles. The van der Waals surface area contributed by atoms with E-state index >= 15 is 0 Å². The van der Waals surface area contributed by atoms with E-state index in [4.69, 9.17) is 4.74 Å². The first-order valence-corrected chi connectivity index (χ1v) is 7.39. The van der Waals surface area contributed by atoms with Gasteiger partial charge in [0.1, 0.15) is 5.82 Å². The second kappa shape index (κ2) is 7.89. The van der Waals surface area contributed by atoms with Gasteiger partial charge in [0.05, 0.1) is 18.4 Å². The Hall–Kier alpha value is -1.95. The van der Waals surface area contributed by atoms with Crippen molar-refractivity contribution >= 4 is 11.9 Å². The summed E-state index contributed by atoms with van der Waals surface area (Å²) in [6.45, 7) is 1.08. The fourth-order valence-electron chi connectivity index (χ4n) is 2.51. The van der Waals surface area contributed by atoms with Crippen LogP contribution in [0, 0.1) is 17.7 Å². The number of hydrogen-bond donors (Lipinski definition) is 2. The second-order valence-electron chi connectivity index (χ2n) is 5.53. The van der Waals surface area contributed by atoms with Gasteiger partial charge in [0, 0.05) is 13.2 Å². The Bertz CT molecular complexity index is 529. The van der Waals surface area contributed by atoms with Crippen LogP contribution < -0.4 is 5.32 Å². The van der Waals surface area contributed by atoms with E-state index in [0.29, 0.717) is 18.8 Å². The normalized spacial score (nSPS) is 19.4. The molecule has 0 aromatic heterocycles. The smallest absolute Gasteiger partial charge is 0.308 e. The van der Waals surface area contributed by atoms with Gasteiger partial charge in [-0.15, -0.1) is 0 Å². The maximum atomic E-state index is 13.1. The van der Waals surface area contributed by atoms with E-state index in [1.165, 1.54) is 12.1 Å². The predicted octanol–water partition coefficient (Wildman–Crippen LogP) is 1.61. The van der Waals surface area contributed by atoms with E-state index in [2.05, 4.69) is 5.32 Å². The van der Waals surface area contributed by atoms with Gasteiger partial charge in [0.2, 0.25) is 5.91 Å². The summed E-state index contributed by atoms with van der Waals surface area (Å²) in [5.74, 6) is -2.58. The van der Waals surface area contributed by atoms with Crippen molar-refractivity contribution in [3.63, 3.8) is 0 Å². The summed E-state index contributed by atoms with van der Waals surface area (Å²) >= 11 is 0. The molecule has 1 saturated heterocycles. The fourth-order valence-corrected chi connectivity index (χ4v) is 2.51. The Morgan fingerprint density at radius 1 is 1.45 bits per heavy atom. The zero-order chi connectivity index (χ0) is 15.9. The van der Waals surface area contributed by atoms with E-state index < -0.39 is 17.7 Å². The van der Waals surface area contributed by atoms with Gasteiger partial charge in [-0.05, 0) is 37.0 Å². The van der Waals surface area contributed by atoms with Gasteiger partial charge in [-0.2, -0.15) is 0 Å². The number of carbonyl (C=O) groups is 2. The Morgan fingerprint density at radius 2 is 2.27 bits per heavy atom. The van der Waals surface area contributed by atoms with Crippen molar-refractivity contribution in [3.8, 4) is 0 Å². The third-order valence-corrected chi connectivity index (χ3v) is 3.77. The number of ether oxygens (including phenoxy) is 1. The lowest BCUT2D eigenvalue weighted by molar-refractivity contribution is -0.141. The molecule has 2 rings (SSSR count). The lowest BCUT2D eigenvalue weighted by atomic mass is 9.98. The predicted molar refractivity (Wildman–Crippen MR) is 77.8 cm³/mol. The van der Waals surface area contributed by atoms with Crippen LogP contribution in [0.15, 0.2) is 24.3 Å². The summed E-state index contributed by atoms with van der Waals surface area (Å²) in [6.07, 6.45) is 1.77. The van der Waals surface area contributed by atoms with E-state index in [1.807, 2.05) is 0 Å². The lowest BCUT2D eigenvalue weighted by Gasteiger charge is -2.22. The van der Waals surface area contributed by atoms with Crippen molar-refractivity contribution in [2.45, 2.75) is 19.3 Å². The highest BCUT2D eigenvalue weighted by atomic mass is 19.1. The fraction of sp³-hybridized carbons (Fsp3) is 0.500. The van der Waals surface area contributed by atoms with Crippen molar-refractivity contribution < 1.29 is 23.8 Å². The van der Waals surface area contributed by atoms with Gasteiger partial charge in [0.25, 0.3) is 0 Å². The third-order valence-electron chi connectivity index (χ3n) is 3.77. The van der Waals surface area contributed by atoms with Crippen LogP contribution in [0.3, 0.4) is 0 Å². The van der Waals surface area contributed by atoms with Crippen LogP contribution >= 0.6 is 0 Å². The van der Waals surface area contributed by atoms with E-state index in [0.717, 1.165) is 12.8 Å². The number of amides is 1. The number of carbonyl (C=O) groups excluding carboxylic acids is 1. The molecule has 1 aliphatic rings. The molecule has 5 nitrogen and oxygen atoms in total. The summed E-state index contributed by atoms with van der Waals surface area (Å²) in [7, 11) is 0. The number of rotatable bonds is 6. The average molecular weight is 309 g/mol. The Balaban J connectivity index is 1.88. The number of benzene rings is 1. The van der Waals surface area contributed by atoms with Gasteiger partial charge < -0.3 is 15.2 Å². The maximum absolute atomic E-state index is 13.1. The minimum Gasteiger partial charge on any atom is -0.481 e. The van der Waals surface area contributed by atoms with Crippen LogP contribution in [0.1, 0.15) is 18.4 Å². The molecule has 0 bridgehead atoms. The van der Waals surface area contributed by atoms with Crippen molar-refractivity contribution in [2.24, 2.45) is 11.8 Å². The third kappa shape index (κ3) is 4.80. The van der Waals surface area contributed by atoms with Crippen LogP contribution in [0.5, 0.6) is 0 Å². The van der Waals surface area contributed by atoms with Gasteiger partial charge in [0.15, 0.2) is 0 Å². The van der Waals surface area contributed by atoms with Crippen molar-refractivity contribution in [1.29, 1.82) is 0 Å². The van der Waals surface area contributed by atoms with Crippen molar-refractivity contribution in [2.75, 3.05) is 19.8 Å². The van der Waals surface area contributed by atoms with Crippen LogP contribution in [-0.2, 0) is 20.7 Å². The van der Waals surface area contributed by atoms with Crippen LogP contribution in [0.25, 0.3) is 0 Å². The molecule has 22 heavy (non-hydrogen) atoms. The maximum Gasteiger partial charge on any atom is 0.308 e. The van der Waals surface area contributed by atoms with E-state index in [9.17, 15) is 19.1 Å². The highest BCUT2D eigenvalue weighted by Gasteiger charge is 2.24. The van der Waals surface area contributed by atoms with Crippen molar-refractivity contribution in [3.05, 3.63) is 35.6 Å². The Kier molecular flexibility index (Phi) is 5.89. The molecule has 0 spiro atoms. The quantitative estimate of drug-likeness (QED) is 0.837.